The van der Waals surface area contributed by atoms with E-state index < -0.39 is 5.97 Å². The molecular weight excluding hydrogens is 248 g/mol. The molecule has 104 valence electrons. The zero-order valence-electron chi connectivity index (χ0n) is 12.0. The Morgan fingerprint density at radius 1 is 1.10 bits per heavy atom. The van der Waals surface area contributed by atoms with Crippen LogP contribution in [-0.4, -0.2) is 11.1 Å². The lowest BCUT2D eigenvalue weighted by molar-refractivity contribution is -0.137. The molecule has 0 aliphatic heterocycles. The number of hydrogen-bond acceptors (Lipinski definition) is 1. The zero-order valence-corrected chi connectivity index (χ0v) is 12.0. The summed E-state index contributed by atoms with van der Waals surface area (Å²) in [5, 5.41) is 8.69. The van der Waals surface area contributed by atoms with E-state index in [0.29, 0.717) is 6.42 Å². The summed E-state index contributed by atoms with van der Waals surface area (Å²) in [5.41, 5.74) is 6.25. The Labute approximate surface area is 120 Å². The molecule has 0 aromatic heterocycles. The molecule has 0 unspecified atom stereocenters. The van der Waals surface area contributed by atoms with Crippen LogP contribution in [0.1, 0.15) is 29.5 Å². The highest BCUT2D eigenvalue weighted by Crippen LogP contribution is 2.26. The van der Waals surface area contributed by atoms with Crippen LogP contribution in [0.5, 0.6) is 0 Å². The molecule has 2 aromatic carbocycles. The molecule has 0 heterocycles. The first kappa shape index (κ1) is 14.3. The summed E-state index contributed by atoms with van der Waals surface area (Å²) in [4.78, 5) is 10.6. The zero-order chi connectivity index (χ0) is 14.5. The van der Waals surface area contributed by atoms with Gasteiger partial charge in [0.15, 0.2) is 0 Å². The molecule has 0 saturated heterocycles. The van der Waals surface area contributed by atoms with E-state index in [1.165, 1.54) is 27.8 Å². The highest BCUT2D eigenvalue weighted by molar-refractivity contribution is 5.69. The van der Waals surface area contributed by atoms with E-state index in [4.69, 9.17) is 5.11 Å². The summed E-state index contributed by atoms with van der Waals surface area (Å²) in [6.45, 7) is 4.26. The molecule has 0 radical (unpaired) electrons. The second-order valence-electron chi connectivity index (χ2n) is 5.20. The Morgan fingerprint density at radius 2 is 1.85 bits per heavy atom. The molecule has 2 aromatic rings. The molecule has 0 bridgehead atoms. The smallest absolute Gasteiger partial charge is 0.303 e. The SMILES string of the molecule is Cc1cccc(-c2cccc(CCCC(=O)O)c2)c1C. The average molecular weight is 268 g/mol. The summed E-state index contributed by atoms with van der Waals surface area (Å²) in [6.07, 6.45) is 1.73. The van der Waals surface area contributed by atoms with Crippen molar-refractivity contribution in [1.82, 2.24) is 0 Å². The summed E-state index contributed by atoms with van der Waals surface area (Å²) in [6, 6.07) is 14.7. The van der Waals surface area contributed by atoms with Crippen LogP contribution in [0.25, 0.3) is 11.1 Å². The highest BCUT2D eigenvalue weighted by Gasteiger charge is 2.05. The minimum Gasteiger partial charge on any atom is -0.481 e. The third kappa shape index (κ3) is 3.47. The first-order chi connectivity index (χ1) is 9.58. The van der Waals surface area contributed by atoms with Crippen molar-refractivity contribution in [2.24, 2.45) is 0 Å². The molecule has 2 nitrogen and oxygen atoms in total. The molecule has 20 heavy (non-hydrogen) atoms. The van der Waals surface area contributed by atoms with Gasteiger partial charge in [-0.3, -0.25) is 4.79 Å². The van der Waals surface area contributed by atoms with Gasteiger partial charge in [0.25, 0.3) is 0 Å². The van der Waals surface area contributed by atoms with Crippen molar-refractivity contribution in [3.63, 3.8) is 0 Å². The number of carboxylic acids is 1. The number of aliphatic carboxylic acids is 1. The van der Waals surface area contributed by atoms with Crippen molar-refractivity contribution in [3.8, 4) is 11.1 Å². The molecule has 0 saturated carbocycles. The van der Waals surface area contributed by atoms with Crippen molar-refractivity contribution >= 4 is 5.97 Å². The monoisotopic (exact) mass is 268 g/mol. The van der Waals surface area contributed by atoms with Crippen LogP contribution in [0.2, 0.25) is 0 Å². The van der Waals surface area contributed by atoms with Crippen LogP contribution >= 0.6 is 0 Å². The number of carbonyl (C=O) groups is 1. The fraction of sp³-hybridized carbons (Fsp3) is 0.278. The van der Waals surface area contributed by atoms with Gasteiger partial charge in [0.1, 0.15) is 0 Å². The van der Waals surface area contributed by atoms with Gasteiger partial charge in [0, 0.05) is 6.42 Å². The maximum atomic E-state index is 10.6. The summed E-state index contributed by atoms with van der Waals surface area (Å²) in [5.74, 6) is -0.726. The Hall–Kier alpha value is -2.09. The predicted octanol–water partition coefficient (Wildman–Crippen LogP) is 4.38. The van der Waals surface area contributed by atoms with E-state index in [9.17, 15) is 4.79 Å². The normalized spacial score (nSPS) is 10.5. The molecule has 0 spiro atoms. The lowest BCUT2D eigenvalue weighted by atomic mass is 9.95. The van der Waals surface area contributed by atoms with Crippen LogP contribution in [0.15, 0.2) is 42.5 Å². The molecule has 0 fully saturated rings. The van der Waals surface area contributed by atoms with Gasteiger partial charge in [-0.2, -0.15) is 0 Å². The van der Waals surface area contributed by atoms with Gasteiger partial charge in [-0.05, 0) is 54.5 Å². The largest absolute Gasteiger partial charge is 0.481 e. The Bertz CT molecular complexity index is 615. The van der Waals surface area contributed by atoms with Crippen LogP contribution in [0, 0.1) is 13.8 Å². The third-order valence-electron chi connectivity index (χ3n) is 3.70. The van der Waals surface area contributed by atoms with Gasteiger partial charge >= 0.3 is 5.97 Å². The van der Waals surface area contributed by atoms with Crippen LogP contribution in [0.4, 0.5) is 0 Å². The standard InChI is InChI=1S/C18H20O2/c1-13-6-3-10-17(14(13)2)16-9-4-7-15(12-16)8-5-11-18(19)20/h3-4,6-7,9-10,12H,5,8,11H2,1-2H3,(H,19,20). The van der Waals surface area contributed by atoms with Crippen molar-refractivity contribution < 1.29 is 9.90 Å². The molecule has 2 heteroatoms. The van der Waals surface area contributed by atoms with E-state index >= 15 is 0 Å². The Balaban J connectivity index is 2.21. The summed E-state index contributed by atoms with van der Waals surface area (Å²) in [7, 11) is 0. The first-order valence-corrected chi connectivity index (χ1v) is 6.95. The fourth-order valence-electron chi connectivity index (χ4n) is 2.40. The van der Waals surface area contributed by atoms with Crippen LogP contribution < -0.4 is 0 Å². The highest BCUT2D eigenvalue weighted by atomic mass is 16.4. The summed E-state index contributed by atoms with van der Waals surface area (Å²) >= 11 is 0. The molecule has 1 N–H and O–H groups in total. The van der Waals surface area contributed by atoms with Gasteiger partial charge in [-0.1, -0.05) is 42.5 Å². The van der Waals surface area contributed by atoms with Crippen molar-refractivity contribution in [2.75, 3.05) is 0 Å². The summed E-state index contributed by atoms with van der Waals surface area (Å²) < 4.78 is 0. The molecule has 0 atom stereocenters. The van der Waals surface area contributed by atoms with Gasteiger partial charge in [-0.25, -0.2) is 0 Å². The van der Waals surface area contributed by atoms with Gasteiger partial charge in [0.05, 0.1) is 0 Å². The maximum Gasteiger partial charge on any atom is 0.303 e. The van der Waals surface area contributed by atoms with Gasteiger partial charge < -0.3 is 5.11 Å². The number of hydrogen-bond donors (Lipinski definition) is 1. The molecular formula is C18H20O2. The minimum absolute atomic E-state index is 0.230. The lowest BCUT2D eigenvalue weighted by Crippen LogP contribution is -1.96. The Morgan fingerprint density at radius 3 is 2.60 bits per heavy atom. The van der Waals surface area contributed by atoms with E-state index in [-0.39, 0.29) is 6.42 Å². The average Bonchev–Trinajstić information content (AvgIpc) is 2.42. The minimum atomic E-state index is -0.726. The molecule has 2 rings (SSSR count). The molecule has 0 aliphatic rings. The van der Waals surface area contributed by atoms with Crippen LogP contribution in [-0.2, 0) is 11.2 Å². The number of carboxylic acid groups (broad SMARTS) is 1. The number of aryl methyl sites for hydroxylation is 2. The lowest BCUT2D eigenvalue weighted by Gasteiger charge is -2.10. The fourth-order valence-corrected chi connectivity index (χ4v) is 2.40. The quantitative estimate of drug-likeness (QED) is 0.873. The van der Waals surface area contributed by atoms with E-state index in [0.717, 1.165) is 6.42 Å². The molecule has 0 amide bonds. The second kappa shape index (κ2) is 6.38. The topological polar surface area (TPSA) is 37.3 Å². The van der Waals surface area contributed by atoms with Crippen molar-refractivity contribution in [2.45, 2.75) is 33.1 Å². The van der Waals surface area contributed by atoms with E-state index in [2.05, 4.69) is 50.2 Å². The van der Waals surface area contributed by atoms with Crippen LogP contribution in [0.3, 0.4) is 0 Å². The van der Waals surface area contributed by atoms with Gasteiger partial charge in [0.2, 0.25) is 0 Å². The second-order valence-corrected chi connectivity index (χ2v) is 5.20. The predicted molar refractivity (Wildman–Crippen MR) is 81.9 cm³/mol. The number of rotatable bonds is 5. The number of benzene rings is 2. The first-order valence-electron chi connectivity index (χ1n) is 6.95. The van der Waals surface area contributed by atoms with Crippen molar-refractivity contribution in [3.05, 3.63) is 59.2 Å². The van der Waals surface area contributed by atoms with E-state index in [1.807, 2.05) is 6.07 Å². The maximum absolute atomic E-state index is 10.6. The Kier molecular flexibility index (Phi) is 4.57. The van der Waals surface area contributed by atoms with E-state index in [1.54, 1.807) is 0 Å². The van der Waals surface area contributed by atoms with Gasteiger partial charge in [-0.15, -0.1) is 0 Å². The van der Waals surface area contributed by atoms with Crippen molar-refractivity contribution in [1.29, 1.82) is 0 Å². The third-order valence-corrected chi connectivity index (χ3v) is 3.70. The molecule has 0 aliphatic carbocycles.